The van der Waals surface area contributed by atoms with Crippen molar-refractivity contribution < 1.29 is 18.8 Å². The van der Waals surface area contributed by atoms with Gasteiger partial charge in [0, 0.05) is 26.2 Å². The van der Waals surface area contributed by atoms with Crippen molar-refractivity contribution in [1.82, 2.24) is 19.9 Å². The van der Waals surface area contributed by atoms with E-state index in [-0.39, 0.29) is 18.1 Å². The lowest BCUT2D eigenvalue weighted by Crippen LogP contribution is -2.62. The highest BCUT2D eigenvalue weighted by Gasteiger charge is 2.39. The average Bonchev–Trinajstić information content (AvgIpc) is 2.95. The van der Waals surface area contributed by atoms with Crippen molar-refractivity contribution in [3.63, 3.8) is 0 Å². The lowest BCUT2D eigenvalue weighted by molar-refractivity contribution is -0.158. The molecule has 1 atom stereocenters. The van der Waals surface area contributed by atoms with Gasteiger partial charge in [0.15, 0.2) is 5.82 Å². The van der Waals surface area contributed by atoms with Crippen LogP contribution in [0, 0.1) is 12.8 Å². The second kappa shape index (κ2) is 7.39. The van der Waals surface area contributed by atoms with Crippen LogP contribution in [0.5, 0.6) is 0 Å². The fraction of sp³-hybridized carbons (Fsp3) is 0.824. The number of rotatable bonds is 6. The summed E-state index contributed by atoms with van der Waals surface area (Å²) in [7, 11) is 0. The van der Waals surface area contributed by atoms with Gasteiger partial charge in [-0.3, -0.25) is 9.69 Å². The van der Waals surface area contributed by atoms with E-state index in [0.717, 1.165) is 25.6 Å². The summed E-state index contributed by atoms with van der Waals surface area (Å²) in [5.74, 6) is 2.02. The van der Waals surface area contributed by atoms with E-state index >= 15 is 0 Å². The first-order valence-corrected chi connectivity index (χ1v) is 9.20. The number of nitrogens with zero attached hydrogens (tertiary/aromatic N) is 4. The second-order valence-corrected chi connectivity index (χ2v) is 7.29. The molecule has 1 saturated carbocycles. The van der Waals surface area contributed by atoms with E-state index in [1.165, 1.54) is 19.3 Å². The molecular weight excluding hydrogens is 324 g/mol. The van der Waals surface area contributed by atoms with Crippen LogP contribution >= 0.6 is 0 Å². The molecule has 2 saturated heterocycles. The smallest absolute Gasteiger partial charge is 0.252 e. The molecule has 1 amide bonds. The molecule has 1 aliphatic carbocycles. The van der Waals surface area contributed by atoms with E-state index < -0.39 is 0 Å². The molecule has 2 aliphatic heterocycles. The van der Waals surface area contributed by atoms with Crippen molar-refractivity contribution in [2.24, 2.45) is 5.92 Å². The van der Waals surface area contributed by atoms with Gasteiger partial charge in [0.2, 0.25) is 5.91 Å². The Labute approximate surface area is 147 Å². The van der Waals surface area contributed by atoms with Gasteiger partial charge < -0.3 is 18.9 Å². The molecule has 1 unspecified atom stereocenters. The Bertz CT molecular complexity index is 597. The molecule has 25 heavy (non-hydrogen) atoms. The minimum absolute atomic E-state index is 0.0424. The highest BCUT2D eigenvalue weighted by molar-refractivity contribution is 5.83. The van der Waals surface area contributed by atoms with Crippen LogP contribution < -0.4 is 0 Å². The van der Waals surface area contributed by atoms with Gasteiger partial charge in [-0.15, -0.1) is 0 Å². The monoisotopic (exact) mass is 350 g/mol. The molecule has 0 radical (unpaired) electrons. The number of hydrogen-bond donors (Lipinski definition) is 0. The summed E-state index contributed by atoms with van der Waals surface area (Å²) in [6.45, 7) is 6.45. The molecule has 8 heteroatoms. The number of aromatic nitrogens is 2. The van der Waals surface area contributed by atoms with Gasteiger partial charge in [0.1, 0.15) is 12.6 Å². The predicted molar refractivity (Wildman–Crippen MR) is 87.7 cm³/mol. The molecule has 8 nitrogen and oxygen atoms in total. The zero-order valence-electron chi connectivity index (χ0n) is 14.7. The van der Waals surface area contributed by atoms with Crippen molar-refractivity contribution in [3.05, 3.63) is 11.7 Å². The average molecular weight is 350 g/mol. The molecule has 0 aromatic carbocycles. The van der Waals surface area contributed by atoms with Crippen molar-refractivity contribution >= 4 is 5.91 Å². The Kier molecular flexibility index (Phi) is 5.00. The Morgan fingerprint density at radius 1 is 1.36 bits per heavy atom. The van der Waals surface area contributed by atoms with Crippen molar-refractivity contribution in [2.45, 2.75) is 44.9 Å². The van der Waals surface area contributed by atoms with Gasteiger partial charge in [-0.25, -0.2) is 0 Å². The van der Waals surface area contributed by atoms with Gasteiger partial charge in [0.05, 0.1) is 19.3 Å². The SMILES string of the molecule is Cc1noc(COC2CN(C(=O)C3COCCN3CC3CCC3)C2)n1. The van der Waals surface area contributed by atoms with Crippen LogP contribution in [0.1, 0.15) is 31.0 Å². The Morgan fingerprint density at radius 2 is 2.20 bits per heavy atom. The van der Waals surface area contributed by atoms with Crippen molar-refractivity contribution in [1.29, 1.82) is 0 Å². The first-order chi connectivity index (χ1) is 12.2. The first-order valence-electron chi connectivity index (χ1n) is 9.20. The highest BCUT2D eigenvalue weighted by Crippen LogP contribution is 2.29. The molecular formula is C17H26N4O4. The highest BCUT2D eigenvalue weighted by atomic mass is 16.5. The maximum atomic E-state index is 12.8. The summed E-state index contributed by atoms with van der Waals surface area (Å²) in [6, 6.07) is -0.131. The number of amides is 1. The Balaban J connectivity index is 1.23. The first kappa shape index (κ1) is 16.9. The number of carbonyl (C=O) groups excluding carboxylic acids is 1. The molecule has 1 aromatic rings. The number of hydrogen-bond acceptors (Lipinski definition) is 7. The maximum absolute atomic E-state index is 12.8. The summed E-state index contributed by atoms with van der Waals surface area (Å²) in [6.07, 6.45) is 3.97. The zero-order chi connectivity index (χ0) is 17.2. The minimum Gasteiger partial charge on any atom is -0.378 e. The predicted octanol–water partition coefficient (Wildman–Crippen LogP) is 0.606. The lowest BCUT2D eigenvalue weighted by Gasteiger charge is -2.45. The third-order valence-electron chi connectivity index (χ3n) is 5.41. The number of likely N-dealkylation sites (tertiary alicyclic amines) is 1. The molecule has 3 fully saturated rings. The number of aryl methyl sites for hydroxylation is 1. The van der Waals surface area contributed by atoms with Crippen LogP contribution in [0.15, 0.2) is 4.52 Å². The van der Waals surface area contributed by atoms with Crippen LogP contribution in [-0.2, 0) is 20.9 Å². The van der Waals surface area contributed by atoms with Crippen LogP contribution in [0.3, 0.4) is 0 Å². The molecule has 1 aromatic heterocycles. The molecule has 3 heterocycles. The second-order valence-electron chi connectivity index (χ2n) is 7.29. The summed E-state index contributed by atoms with van der Waals surface area (Å²) in [5, 5.41) is 3.74. The summed E-state index contributed by atoms with van der Waals surface area (Å²) in [5.41, 5.74) is 0. The maximum Gasteiger partial charge on any atom is 0.252 e. The van der Waals surface area contributed by atoms with E-state index in [4.69, 9.17) is 14.0 Å². The van der Waals surface area contributed by atoms with E-state index in [1.54, 1.807) is 6.92 Å². The van der Waals surface area contributed by atoms with E-state index in [2.05, 4.69) is 15.0 Å². The van der Waals surface area contributed by atoms with E-state index in [0.29, 0.717) is 38.0 Å². The largest absolute Gasteiger partial charge is 0.378 e. The van der Waals surface area contributed by atoms with Crippen LogP contribution in [0.4, 0.5) is 0 Å². The van der Waals surface area contributed by atoms with E-state index in [9.17, 15) is 4.79 Å². The minimum atomic E-state index is -0.131. The summed E-state index contributed by atoms with van der Waals surface area (Å²) < 4.78 is 16.3. The fourth-order valence-corrected chi connectivity index (χ4v) is 3.61. The topological polar surface area (TPSA) is 80.9 Å². The van der Waals surface area contributed by atoms with Crippen LogP contribution in [0.25, 0.3) is 0 Å². The Hall–Kier alpha value is -1.51. The zero-order valence-corrected chi connectivity index (χ0v) is 14.7. The van der Waals surface area contributed by atoms with Gasteiger partial charge in [-0.1, -0.05) is 11.6 Å². The molecule has 3 aliphatic rings. The number of ether oxygens (including phenoxy) is 2. The van der Waals surface area contributed by atoms with Crippen molar-refractivity contribution in [3.8, 4) is 0 Å². The Morgan fingerprint density at radius 3 is 2.88 bits per heavy atom. The lowest BCUT2D eigenvalue weighted by atomic mass is 9.84. The molecule has 0 spiro atoms. The van der Waals surface area contributed by atoms with Gasteiger partial charge in [-0.2, -0.15) is 4.98 Å². The van der Waals surface area contributed by atoms with Crippen molar-refractivity contribution in [2.75, 3.05) is 39.4 Å². The fourth-order valence-electron chi connectivity index (χ4n) is 3.61. The summed E-state index contributed by atoms with van der Waals surface area (Å²) >= 11 is 0. The normalized spacial score (nSPS) is 25.6. The van der Waals surface area contributed by atoms with Gasteiger partial charge in [0.25, 0.3) is 5.89 Å². The van der Waals surface area contributed by atoms with Gasteiger partial charge >= 0.3 is 0 Å². The number of carbonyl (C=O) groups is 1. The standard InChI is InChI=1S/C17H26N4O4/c1-12-18-16(25-19-12)11-24-14-8-21(9-14)17(22)15-10-23-6-5-20(15)7-13-3-2-4-13/h13-15H,2-11H2,1H3. The van der Waals surface area contributed by atoms with Gasteiger partial charge in [-0.05, 0) is 25.7 Å². The van der Waals surface area contributed by atoms with Crippen LogP contribution in [0.2, 0.25) is 0 Å². The number of morpholine rings is 1. The molecule has 0 bridgehead atoms. The van der Waals surface area contributed by atoms with Crippen LogP contribution in [-0.4, -0.2) is 77.4 Å². The molecule has 138 valence electrons. The summed E-state index contributed by atoms with van der Waals surface area (Å²) in [4.78, 5) is 21.1. The molecule has 4 rings (SSSR count). The third kappa shape index (κ3) is 3.86. The van der Waals surface area contributed by atoms with E-state index in [1.807, 2.05) is 4.90 Å². The molecule has 0 N–H and O–H groups in total. The quantitative estimate of drug-likeness (QED) is 0.743. The third-order valence-corrected chi connectivity index (χ3v) is 5.41.